The van der Waals surface area contributed by atoms with Gasteiger partial charge >= 0.3 is 0 Å². The van der Waals surface area contributed by atoms with Crippen molar-refractivity contribution in [3.8, 4) is 0 Å². The molecular weight excluding hydrogens is 164 g/mol. The molecule has 56 valence electrons. The van der Waals surface area contributed by atoms with Gasteiger partial charge in [-0.05, 0) is 29.9 Å². The lowest BCUT2D eigenvalue weighted by Gasteiger charge is -1.90. The van der Waals surface area contributed by atoms with E-state index in [4.69, 9.17) is 5.11 Å². The summed E-state index contributed by atoms with van der Waals surface area (Å²) in [6, 6.07) is 2.05. The van der Waals surface area contributed by atoms with Crippen molar-refractivity contribution < 1.29 is 5.11 Å². The molecule has 0 aliphatic rings. The molecule has 1 nitrogen and oxygen atoms in total. The van der Waals surface area contributed by atoms with Crippen LogP contribution in [0.2, 0.25) is 0 Å². The summed E-state index contributed by atoms with van der Waals surface area (Å²) in [5, 5.41) is 10.6. The molecule has 0 saturated heterocycles. The van der Waals surface area contributed by atoms with E-state index in [9.17, 15) is 0 Å². The number of thiol groups is 1. The van der Waals surface area contributed by atoms with Crippen molar-refractivity contribution in [1.82, 2.24) is 0 Å². The molecule has 0 amide bonds. The number of thiophene rings is 1. The normalized spacial score (nSPS) is 10.2. The molecule has 0 aliphatic heterocycles. The molecule has 0 bridgehead atoms. The van der Waals surface area contributed by atoms with Crippen LogP contribution in [0, 0.1) is 0 Å². The fourth-order valence-corrected chi connectivity index (χ4v) is 1.78. The lowest BCUT2D eigenvalue weighted by atomic mass is 10.2. The maximum atomic E-state index is 8.52. The van der Waals surface area contributed by atoms with Crippen molar-refractivity contribution in [2.75, 3.05) is 6.61 Å². The van der Waals surface area contributed by atoms with Gasteiger partial charge in [-0.3, -0.25) is 0 Å². The van der Waals surface area contributed by atoms with Crippen molar-refractivity contribution in [3.05, 3.63) is 17.0 Å². The van der Waals surface area contributed by atoms with E-state index < -0.39 is 0 Å². The first kappa shape index (κ1) is 8.11. The van der Waals surface area contributed by atoms with Crippen LogP contribution in [-0.4, -0.2) is 11.7 Å². The predicted octanol–water partition coefficient (Wildman–Crippen LogP) is 1.96. The fraction of sp³-hybridized carbons (Fsp3) is 0.429. The highest BCUT2D eigenvalue weighted by molar-refractivity contribution is 7.82. The van der Waals surface area contributed by atoms with Crippen molar-refractivity contribution in [2.45, 2.75) is 17.1 Å². The van der Waals surface area contributed by atoms with Gasteiger partial charge in [-0.2, -0.15) is 0 Å². The van der Waals surface area contributed by atoms with Gasteiger partial charge in [0.2, 0.25) is 0 Å². The third kappa shape index (κ3) is 2.33. The van der Waals surface area contributed by atoms with Gasteiger partial charge in [0, 0.05) is 6.61 Å². The molecule has 0 saturated carbocycles. The molecule has 1 aromatic heterocycles. The summed E-state index contributed by atoms with van der Waals surface area (Å²) >= 11 is 5.82. The van der Waals surface area contributed by atoms with Gasteiger partial charge in [0.1, 0.15) is 0 Å². The quantitative estimate of drug-likeness (QED) is 0.671. The summed E-state index contributed by atoms with van der Waals surface area (Å²) in [5.74, 6) is 0. The minimum Gasteiger partial charge on any atom is -0.396 e. The molecule has 10 heavy (non-hydrogen) atoms. The second-order valence-electron chi connectivity index (χ2n) is 2.12. The van der Waals surface area contributed by atoms with Crippen LogP contribution in [0.15, 0.2) is 15.7 Å². The zero-order valence-corrected chi connectivity index (χ0v) is 7.29. The van der Waals surface area contributed by atoms with E-state index >= 15 is 0 Å². The molecule has 0 unspecified atom stereocenters. The monoisotopic (exact) mass is 174 g/mol. The van der Waals surface area contributed by atoms with E-state index in [-0.39, 0.29) is 6.61 Å². The molecule has 0 fully saturated rings. The standard InChI is InChI=1S/C7H10OS2/c8-3-1-2-6-4-7(9)10-5-6/h4-5,8-9H,1-3H2. The summed E-state index contributed by atoms with van der Waals surface area (Å²) in [6.45, 7) is 0.276. The highest BCUT2D eigenvalue weighted by Gasteiger charge is 1.94. The molecule has 1 rings (SSSR count). The van der Waals surface area contributed by atoms with Crippen molar-refractivity contribution >= 4 is 24.0 Å². The topological polar surface area (TPSA) is 20.2 Å². The Morgan fingerprint density at radius 2 is 2.40 bits per heavy atom. The van der Waals surface area contributed by atoms with Crippen LogP contribution in [0.25, 0.3) is 0 Å². The van der Waals surface area contributed by atoms with Crippen LogP contribution in [-0.2, 0) is 6.42 Å². The molecule has 1 N–H and O–H groups in total. The Kier molecular flexibility index (Phi) is 3.25. The molecule has 0 atom stereocenters. The Labute approximate surface area is 70.1 Å². The zero-order chi connectivity index (χ0) is 7.40. The average molecular weight is 174 g/mol. The minimum absolute atomic E-state index is 0.276. The first-order chi connectivity index (χ1) is 4.83. The van der Waals surface area contributed by atoms with Gasteiger partial charge in [-0.25, -0.2) is 0 Å². The summed E-state index contributed by atoms with van der Waals surface area (Å²) in [4.78, 5) is 0. The Bertz CT molecular complexity index is 195. The van der Waals surface area contributed by atoms with E-state index in [0.29, 0.717) is 0 Å². The van der Waals surface area contributed by atoms with Crippen molar-refractivity contribution in [2.24, 2.45) is 0 Å². The molecule has 0 radical (unpaired) electrons. The summed E-state index contributed by atoms with van der Waals surface area (Å²) in [7, 11) is 0. The summed E-state index contributed by atoms with van der Waals surface area (Å²) in [5.41, 5.74) is 1.28. The fourth-order valence-electron chi connectivity index (χ4n) is 0.777. The maximum absolute atomic E-state index is 8.52. The third-order valence-corrected chi connectivity index (χ3v) is 2.49. The van der Waals surface area contributed by atoms with Crippen molar-refractivity contribution in [3.63, 3.8) is 0 Å². The Balaban J connectivity index is 2.42. The minimum atomic E-state index is 0.276. The largest absolute Gasteiger partial charge is 0.396 e. The van der Waals surface area contributed by atoms with Crippen LogP contribution in [0.4, 0.5) is 0 Å². The van der Waals surface area contributed by atoms with E-state index in [2.05, 4.69) is 18.0 Å². The predicted molar refractivity (Wildman–Crippen MR) is 47.0 cm³/mol. The first-order valence-corrected chi connectivity index (χ1v) is 4.53. The molecular formula is C7H10OS2. The molecule has 0 aliphatic carbocycles. The zero-order valence-electron chi connectivity index (χ0n) is 5.58. The number of rotatable bonds is 3. The van der Waals surface area contributed by atoms with E-state index in [0.717, 1.165) is 17.1 Å². The average Bonchev–Trinajstić information content (AvgIpc) is 2.31. The Morgan fingerprint density at radius 1 is 1.60 bits per heavy atom. The molecule has 1 aromatic rings. The van der Waals surface area contributed by atoms with Gasteiger partial charge in [-0.15, -0.1) is 24.0 Å². The van der Waals surface area contributed by atoms with Crippen LogP contribution >= 0.6 is 24.0 Å². The molecule has 3 heteroatoms. The summed E-state index contributed by atoms with van der Waals surface area (Å²) in [6.07, 6.45) is 1.82. The molecule has 1 heterocycles. The summed E-state index contributed by atoms with van der Waals surface area (Å²) < 4.78 is 1.05. The van der Waals surface area contributed by atoms with Gasteiger partial charge in [-0.1, -0.05) is 0 Å². The lowest BCUT2D eigenvalue weighted by Crippen LogP contribution is -1.85. The Hall–Kier alpha value is 0.01000. The lowest BCUT2D eigenvalue weighted by molar-refractivity contribution is 0.288. The van der Waals surface area contributed by atoms with E-state index in [1.54, 1.807) is 11.3 Å². The number of aliphatic hydroxyl groups excluding tert-OH is 1. The Morgan fingerprint density at radius 3 is 2.90 bits per heavy atom. The molecule has 0 aromatic carbocycles. The van der Waals surface area contributed by atoms with Gasteiger partial charge in [0.05, 0.1) is 4.21 Å². The van der Waals surface area contributed by atoms with Gasteiger partial charge in [0.25, 0.3) is 0 Å². The maximum Gasteiger partial charge on any atom is 0.0570 e. The van der Waals surface area contributed by atoms with E-state index in [1.807, 2.05) is 6.07 Å². The van der Waals surface area contributed by atoms with Gasteiger partial charge in [0.15, 0.2) is 0 Å². The smallest absolute Gasteiger partial charge is 0.0570 e. The van der Waals surface area contributed by atoms with E-state index in [1.165, 1.54) is 5.56 Å². The van der Waals surface area contributed by atoms with Crippen molar-refractivity contribution in [1.29, 1.82) is 0 Å². The SMILES string of the molecule is OCCCc1csc(S)c1. The van der Waals surface area contributed by atoms with Crippen LogP contribution in [0.1, 0.15) is 12.0 Å². The van der Waals surface area contributed by atoms with Gasteiger partial charge < -0.3 is 5.11 Å². The second-order valence-corrected chi connectivity index (χ2v) is 3.82. The number of aliphatic hydroxyl groups is 1. The number of hydrogen-bond donors (Lipinski definition) is 2. The highest BCUT2D eigenvalue weighted by Crippen LogP contribution is 2.18. The van der Waals surface area contributed by atoms with Crippen LogP contribution in [0.3, 0.4) is 0 Å². The molecule has 0 spiro atoms. The van der Waals surface area contributed by atoms with Crippen LogP contribution < -0.4 is 0 Å². The highest BCUT2D eigenvalue weighted by atomic mass is 32.2. The number of hydrogen-bond acceptors (Lipinski definition) is 3. The second kappa shape index (κ2) is 4.01. The number of aryl methyl sites for hydroxylation is 1. The first-order valence-electron chi connectivity index (χ1n) is 3.20. The van der Waals surface area contributed by atoms with Crippen LogP contribution in [0.5, 0.6) is 0 Å². The third-order valence-electron chi connectivity index (χ3n) is 1.26.